The predicted octanol–water partition coefficient (Wildman–Crippen LogP) is 8.76. The summed E-state index contributed by atoms with van der Waals surface area (Å²) in [7, 11) is 0. The number of ether oxygens (including phenoxy) is 4. The zero-order valence-corrected chi connectivity index (χ0v) is 25.3. The highest BCUT2D eigenvalue weighted by Gasteiger charge is 2.33. The average Bonchev–Trinajstić information content (AvgIpc) is 2.92. The first-order valence-corrected chi connectivity index (χ1v) is 16.9. The lowest BCUT2D eigenvalue weighted by atomic mass is 9.70. The van der Waals surface area contributed by atoms with Crippen molar-refractivity contribution in [3.63, 3.8) is 0 Å². The van der Waals surface area contributed by atoms with Crippen LogP contribution in [0.3, 0.4) is 0 Å². The third kappa shape index (κ3) is 8.43. The molecule has 5 rings (SSSR count). The summed E-state index contributed by atoms with van der Waals surface area (Å²) in [6, 6.07) is 0. The largest absolute Gasteiger partial charge is 0.352 e. The summed E-state index contributed by atoms with van der Waals surface area (Å²) < 4.78 is 24.2. The van der Waals surface area contributed by atoms with E-state index < -0.39 is 0 Å². The molecule has 5 aliphatic rings. The molecule has 0 radical (unpaired) electrons. The molecule has 3 aliphatic carbocycles. The molecule has 0 aromatic carbocycles. The molecule has 0 N–H and O–H groups in total. The van der Waals surface area contributed by atoms with Gasteiger partial charge in [0.2, 0.25) is 0 Å². The van der Waals surface area contributed by atoms with Crippen LogP contribution < -0.4 is 0 Å². The van der Waals surface area contributed by atoms with Crippen LogP contribution in [0.4, 0.5) is 0 Å². The Kier molecular flexibility index (Phi) is 10.9. The predicted molar refractivity (Wildman–Crippen MR) is 154 cm³/mol. The molecule has 0 spiro atoms. The summed E-state index contributed by atoms with van der Waals surface area (Å²) in [6.07, 6.45) is 23.5. The van der Waals surface area contributed by atoms with Gasteiger partial charge in [0.05, 0.1) is 25.4 Å². The van der Waals surface area contributed by atoms with E-state index in [4.69, 9.17) is 18.9 Å². The van der Waals surface area contributed by atoms with Crippen molar-refractivity contribution in [1.29, 1.82) is 0 Å². The molecule has 0 bridgehead atoms. The summed E-state index contributed by atoms with van der Waals surface area (Å²) in [5, 5.41) is 0. The van der Waals surface area contributed by atoms with E-state index in [1.807, 2.05) is 0 Å². The quantitative estimate of drug-likeness (QED) is 0.313. The van der Waals surface area contributed by atoms with Crippen molar-refractivity contribution in [2.75, 3.05) is 13.2 Å². The van der Waals surface area contributed by atoms with Crippen molar-refractivity contribution in [2.24, 2.45) is 47.3 Å². The standard InChI is InChI=1S/C34H60O4/c1-23-21-35-33(37-25(23)3)19-31-13-9-29(10-14-31)17-27-5-7-28(8-6-27)18-30-11-15-32(16-12-30)20-34-36-22-24(2)26(4)38-34/h23-34H,5-22H2,1-4H3. The summed E-state index contributed by atoms with van der Waals surface area (Å²) >= 11 is 0. The summed E-state index contributed by atoms with van der Waals surface area (Å²) in [4.78, 5) is 0. The lowest BCUT2D eigenvalue weighted by Crippen LogP contribution is -2.38. The minimum atomic E-state index is 0.0562. The summed E-state index contributed by atoms with van der Waals surface area (Å²) in [6.45, 7) is 10.6. The van der Waals surface area contributed by atoms with E-state index in [0.717, 1.165) is 61.6 Å². The lowest BCUT2D eigenvalue weighted by Gasteiger charge is -2.38. The fraction of sp³-hybridized carbons (Fsp3) is 1.00. The number of hydrogen-bond acceptors (Lipinski definition) is 4. The Hall–Kier alpha value is -0.160. The Labute approximate surface area is 234 Å². The van der Waals surface area contributed by atoms with Gasteiger partial charge in [-0.15, -0.1) is 0 Å². The lowest BCUT2D eigenvalue weighted by molar-refractivity contribution is -0.235. The number of hydrogen-bond donors (Lipinski definition) is 0. The zero-order chi connectivity index (χ0) is 26.5. The second-order valence-electron chi connectivity index (χ2n) is 14.8. The van der Waals surface area contributed by atoms with Crippen LogP contribution in [0, 0.1) is 47.3 Å². The van der Waals surface area contributed by atoms with Crippen molar-refractivity contribution in [3.05, 3.63) is 0 Å². The van der Waals surface area contributed by atoms with Crippen LogP contribution in [0.25, 0.3) is 0 Å². The highest BCUT2D eigenvalue weighted by atomic mass is 16.7. The van der Waals surface area contributed by atoms with Crippen LogP contribution in [0.1, 0.15) is 130 Å². The molecule has 0 amide bonds. The fourth-order valence-electron chi connectivity index (χ4n) is 8.46. The highest BCUT2D eigenvalue weighted by Crippen LogP contribution is 2.43. The first kappa shape index (κ1) is 29.3. The molecule has 2 saturated heterocycles. The van der Waals surface area contributed by atoms with Crippen LogP contribution in [0.2, 0.25) is 0 Å². The van der Waals surface area contributed by atoms with E-state index in [1.165, 1.54) is 89.9 Å². The van der Waals surface area contributed by atoms with Gasteiger partial charge in [0, 0.05) is 24.7 Å². The Balaban J connectivity index is 0.917. The molecule has 5 fully saturated rings. The van der Waals surface area contributed by atoms with Crippen LogP contribution in [0.15, 0.2) is 0 Å². The summed E-state index contributed by atoms with van der Waals surface area (Å²) in [5.41, 5.74) is 0. The van der Waals surface area contributed by atoms with Gasteiger partial charge in [-0.2, -0.15) is 0 Å². The van der Waals surface area contributed by atoms with E-state index in [-0.39, 0.29) is 12.6 Å². The monoisotopic (exact) mass is 532 g/mol. The van der Waals surface area contributed by atoms with Gasteiger partial charge in [-0.05, 0) is 87.9 Å². The van der Waals surface area contributed by atoms with Gasteiger partial charge in [-0.25, -0.2) is 0 Å². The van der Waals surface area contributed by atoms with Gasteiger partial charge >= 0.3 is 0 Å². The molecule has 220 valence electrons. The van der Waals surface area contributed by atoms with Crippen LogP contribution >= 0.6 is 0 Å². The molecule has 4 heteroatoms. The van der Waals surface area contributed by atoms with E-state index in [0.29, 0.717) is 24.0 Å². The average molecular weight is 533 g/mol. The minimum Gasteiger partial charge on any atom is -0.352 e. The molecular weight excluding hydrogens is 472 g/mol. The maximum Gasteiger partial charge on any atom is 0.158 e. The Morgan fingerprint density at radius 1 is 0.395 bits per heavy atom. The van der Waals surface area contributed by atoms with Crippen molar-refractivity contribution in [3.8, 4) is 0 Å². The molecule has 6 unspecified atom stereocenters. The molecule has 0 aromatic rings. The van der Waals surface area contributed by atoms with Gasteiger partial charge < -0.3 is 18.9 Å². The second-order valence-corrected chi connectivity index (χ2v) is 14.8. The van der Waals surface area contributed by atoms with Crippen molar-refractivity contribution in [1.82, 2.24) is 0 Å². The van der Waals surface area contributed by atoms with Crippen molar-refractivity contribution < 1.29 is 18.9 Å². The minimum absolute atomic E-state index is 0.0562. The fourth-order valence-corrected chi connectivity index (χ4v) is 8.46. The Morgan fingerprint density at radius 2 is 0.658 bits per heavy atom. The van der Waals surface area contributed by atoms with Gasteiger partial charge in [0.25, 0.3) is 0 Å². The molecule has 38 heavy (non-hydrogen) atoms. The third-order valence-corrected chi connectivity index (χ3v) is 11.7. The maximum absolute atomic E-state index is 6.12. The van der Waals surface area contributed by atoms with E-state index >= 15 is 0 Å². The maximum atomic E-state index is 6.12. The first-order valence-electron chi connectivity index (χ1n) is 16.9. The van der Waals surface area contributed by atoms with E-state index in [2.05, 4.69) is 27.7 Å². The molecule has 6 atom stereocenters. The highest BCUT2D eigenvalue weighted by molar-refractivity contribution is 4.82. The van der Waals surface area contributed by atoms with Gasteiger partial charge in [0.15, 0.2) is 12.6 Å². The molecule has 2 heterocycles. The van der Waals surface area contributed by atoms with Crippen molar-refractivity contribution in [2.45, 2.75) is 155 Å². The topological polar surface area (TPSA) is 36.9 Å². The molecule has 3 saturated carbocycles. The third-order valence-electron chi connectivity index (χ3n) is 11.7. The van der Waals surface area contributed by atoms with Crippen LogP contribution in [0.5, 0.6) is 0 Å². The van der Waals surface area contributed by atoms with Crippen LogP contribution in [-0.2, 0) is 18.9 Å². The van der Waals surface area contributed by atoms with Gasteiger partial charge in [-0.1, -0.05) is 65.2 Å². The normalized spacial score (nSPS) is 47.1. The number of rotatable bonds is 8. The SMILES string of the molecule is CC1COC(CC2CCC(CC3CCC(CC4CCC(CC5OCC(C)C(C)O5)CC4)CC3)CC2)OC1C. The van der Waals surface area contributed by atoms with E-state index in [9.17, 15) is 0 Å². The Morgan fingerprint density at radius 3 is 0.921 bits per heavy atom. The zero-order valence-electron chi connectivity index (χ0n) is 25.3. The van der Waals surface area contributed by atoms with Crippen molar-refractivity contribution >= 4 is 0 Å². The van der Waals surface area contributed by atoms with E-state index in [1.54, 1.807) is 0 Å². The second kappa shape index (κ2) is 14.1. The van der Waals surface area contributed by atoms with Gasteiger partial charge in [-0.3, -0.25) is 0 Å². The van der Waals surface area contributed by atoms with Gasteiger partial charge in [0.1, 0.15) is 0 Å². The molecular formula is C34H60O4. The Bertz CT molecular complexity index is 616. The molecule has 2 aliphatic heterocycles. The summed E-state index contributed by atoms with van der Waals surface area (Å²) in [5.74, 6) is 6.69. The molecule has 0 aromatic heterocycles. The first-order chi connectivity index (χ1) is 18.4. The smallest absolute Gasteiger partial charge is 0.158 e. The molecule has 4 nitrogen and oxygen atoms in total. The van der Waals surface area contributed by atoms with Crippen LogP contribution in [-0.4, -0.2) is 38.0 Å².